The molecule has 0 spiro atoms. The Kier molecular flexibility index (Phi) is 6.73. The summed E-state index contributed by atoms with van der Waals surface area (Å²) in [7, 11) is -3.84. The van der Waals surface area contributed by atoms with Crippen LogP contribution in [0.3, 0.4) is 0 Å². The van der Waals surface area contributed by atoms with E-state index in [1.165, 1.54) is 17.9 Å². The van der Waals surface area contributed by atoms with Crippen LogP contribution in [0.2, 0.25) is 0 Å². The summed E-state index contributed by atoms with van der Waals surface area (Å²) >= 11 is 1.05. The van der Waals surface area contributed by atoms with Crippen LogP contribution in [0, 0.1) is 0 Å². The summed E-state index contributed by atoms with van der Waals surface area (Å²) in [5.41, 5.74) is 0.778. The molecule has 0 aliphatic carbocycles. The fraction of sp³-hybridized carbons (Fsp3) is 0.500. The molecule has 22 heavy (non-hydrogen) atoms. The minimum Gasteiger partial charge on any atom is -0.391 e. The van der Waals surface area contributed by atoms with Gasteiger partial charge in [-0.1, -0.05) is 18.2 Å². The zero-order valence-electron chi connectivity index (χ0n) is 12.9. The smallest absolute Gasteiger partial charge is 0.250 e. The summed E-state index contributed by atoms with van der Waals surface area (Å²) < 4.78 is 26.9. The van der Waals surface area contributed by atoms with Crippen LogP contribution < -0.4 is 4.72 Å². The van der Waals surface area contributed by atoms with E-state index in [-0.39, 0.29) is 4.21 Å². The topological polar surface area (TPSA) is 86.7 Å². The molecule has 8 heteroatoms. The Bertz CT molecular complexity index is 609. The molecule has 0 fully saturated rings. The van der Waals surface area contributed by atoms with Crippen molar-refractivity contribution in [3.8, 4) is 0 Å². The molecule has 1 heterocycles. The van der Waals surface area contributed by atoms with Crippen molar-refractivity contribution in [3.05, 3.63) is 29.7 Å². The van der Waals surface area contributed by atoms with E-state index in [1.807, 2.05) is 0 Å². The van der Waals surface area contributed by atoms with Crippen molar-refractivity contribution in [2.45, 2.75) is 37.1 Å². The predicted octanol–water partition coefficient (Wildman–Crippen LogP) is 1.20. The lowest BCUT2D eigenvalue weighted by Gasteiger charge is -2.28. The van der Waals surface area contributed by atoms with Crippen molar-refractivity contribution < 1.29 is 18.3 Å². The van der Waals surface area contributed by atoms with E-state index < -0.39 is 28.1 Å². The summed E-state index contributed by atoms with van der Waals surface area (Å²) in [5, 5.41) is 11.5. The second-order valence-electron chi connectivity index (χ2n) is 5.08. The zero-order valence-corrected chi connectivity index (χ0v) is 14.6. The van der Waals surface area contributed by atoms with Crippen LogP contribution in [0.1, 0.15) is 20.8 Å². The highest BCUT2D eigenvalue weighted by atomic mass is 32.2. The second kappa shape index (κ2) is 7.87. The lowest BCUT2D eigenvalue weighted by molar-refractivity contribution is -0.134. The average Bonchev–Trinajstić information content (AvgIpc) is 2.95. The Morgan fingerprint density at radius 1 is 1.55 bits per heavy atom. The van der Waals surface area contributed by atoms with Crippen molar-refractivity contribution in [1.82, 2.24) is 9.62 Å². The minimum atomic E-state index is -3.84. The van der Waals surface area contributed by atoms with Gasteiger partial charge in [0.2, 0.25) is 5.91 Å². The summed E-state index contributed by atoms with van der Waals surface area (Å²) in [6, 6.07) is 1.83. The number of carbonyl (C=O) groups excluding carboxylic acids is 1. The van der Waals surface area contributed by atoms with E-state index in [2.05, 4.69) is 11.3 Å². The SMILES string of the molecule is C=C(C)CN(CC)C(=O)[C@H](NS(=O)(=O)c1cccs1)[C@@H](C)O. The molecule has 0 bridgehead atoms. The van der Waals surface area contributed by atoms with Crippen LogP contribution in [0.4, 0.5) is 0 Å². The number of thiophene rings is 1. The number of nitrogens with zero attached hydrogens (tertiary/aromatic N) is 1. The van der Waals surface area contributed by atoms with Gasteiger partial charge in [-0.3, -0.25) is 4.79 Å². The monoisotopic (exact) mass is 346 g/mol. The van der Waals surface area contributed by atoms with Crippen LogP contribution in [0.15, 0.2) is 33.9 Å². The molecule has 1 amide bonds. The van der Waals surface area contributed by atoms with Crippen molar-refractivity contribution in [2.75, 3.05) is 13.1 Å². The van der Waals surface area contributed by atoms with E-state index >= 15 is 0 Å². The Balaban J connectivity index is 2.99. The highest BCUT2D eigenvalue weighted by molar-refractivity contribution is 7.91. The molecule has 1 aromatic heterocycles. The highest BCUT2D eigenvalue weighted by Gasteiger charge is 2.32. The standard InChI is InChI=1S/C14H22N2O4S2/c1-5-16(9-10(2)3)14(18)13(11(4)17)15-22(19,20)12-7-6-8-21-12/h6-8,11,13,15,17H,2,5,9H2,1,3-4H3/t11-,13-/m1/s1. The molecule has 2 atom stereocenters. The number of hydrogen-bond acceptors (Lipinski definition) is 5. The summed E-state index contributed by atoms with van der Waals surface area (Å²) in [4.78, 5) is 14.0. The Morgan fingerprint density at radius 2 is 2.18 bits per heavy atom. The van der Waals surface area contributed by atoms with E-state index in [4.69, 9.17) is 0 Å². The number of hydrogen-bond donors (Lipinski definition) is 2. The van der Waals surface area contributed by atoms with Crippen molar-refractivity contribution >= 4 is 27.3 Å². The van der Waals surface area contributed by atoms with Crippen molar-refractivity contribution in [2.24, 2.45) is 0 Å². The van der Waals surface area contributed by atoms with Crippen molar-refractivity contribution in [1.29, 1.82) is 0 Å². The minimum absolute atomic E-state index is 0.105. The number of amides is 1. The molecular weight excluding hydrogens is 324 g/mol. The largest absolute Gasteiger partial charge is 0.391 e. The van der Waals surface area contributed by atoms with Crippen LogP contribution in [0.25, 0.3) is 0 Å². The lowest BCUT2D eigenvalue weighted by Crippen LogP contribution is -2.53. The summed E-state index contributed by atoms with van der Waals surface area (Å²) in [6.45, 7) is 9.42. The van der Waals surface area contributed by atoms with Gasteiger partial charge in [-0.25, -0.2) is 8.42 Å². The van der Waals surface area contributed by atoms with E-state index in [9.17, 15) is 18.3 Å². The van der Waals surface area contributed by atoms with Crippen LogP contribution >= 0.6 is 11.3 Å². The number of rotatable bonds is 8. The van der Waals surface area contributed by atoms with Crippen LogP contribution in [-0.4, -0.2) is 49.6 Å². The Hall–Kier alpha value is -1.22. The van der Waals surface area contributed by atoms with Gasteiger partial charge in [0, 0.05) is 13.1 Å². The number of sulfonamides is 1. The molecule has 1 aromatic rings. The number of likely N-dealkylation sites (N-methyl/N-ethyl adjacent to an activating group) is 1. The fourth-order valence-electron chi connectivity index (χ4n) is 1.86. The summed E-state index contributed by atoms with van der Waals surface area (Å²) in [6.07, 6.45) is -1.15. The number of carbonyl (C=O) groups is 1. The predicted molar refractivity (Wildman–Crippen MR) is 87.2 cm³/mol. The molecule has 0 aliphatic heterocycles. The van der Waals surface area contributed by atoms with Gasteiger partial charge < -0.3 is 10.0 Å². The molecule has 0 radical (unpaired) electrons. The molecule has 2 N–H and O–H groups in total. The van der Waals surface area contributed by atoms with E-state index in [0.29, 0.717) is 13.1 Å². The van der Waals surface area contributed by atoms with Crippen LogP contribution in [0.5, 0.6) is 0 Å². The van der Waals surface area contributed by atoms with Crippen LogP contribution in [-0.2, 0) is 14.8 Å². The van der Waals surface area contributed by atoms with Gasteiger partial charge >= 0.3 is 0 Å². The Labute approximate surface area is 135 Å². The summed E-state index contributed by atoms with van der Waals surface area (Å²) in [5.74, 6) is -0.472. The highest BCUT2D eigenvalue weighted by Crippen LogP contribution is 2.17. The molecule has 1 rings (SSSR count). The molecule has 0 aliphatic rings. The van der Waals surface area contributed by atoms with Gasteiger partial charge in [0.05, 0.1) is 6.10 Å². The second-order valence-corrected chi connectivity index (χ2v) is 7.97. The third-order valence-electron chi connectivity index (χ3n) is 2.94. The maximum absolute atomic E-state index is 12.5. The molecule has 0 unspecified atom stereocenters. The maximum atomic E-state index is 12.5. The third-order valence-corrected chi connectivity index (χ3v) is 5.78. The molecule has 124 valence electrons. The van der Waals surface area contributed by atoms with Gasteiger partial charge in [-0.15, -0.1) is 11.3 Å². The van der Waals surface area contributed by atoms with Gasteiger partial charge in [0.25, 0.3) is 10.0 Å². The van der Waals surface area contributed by atoms with Gasteiger partial charge in [0.15, 0.2) is 0 Å². The molecule has 0 aromatic carbocycles. The molecule has 0 saturated heterocycles. The average molecular weight is 346 g/mol. The number of aliphatic hydroxyl groups excluding tert-OH is 1. The van der Waals surface area contributed by atoms with Gasteiger partial charge in [0.1, 0.15) is 10.3 Å². The van der Waals surface area contributed by atoms with E-state index in [1.54, 1.807) is 25.3 Å². The molecule has 6 nitrogen and oxygen atoms in total. The lowest BCUT2D eigenvalue weighted by atomic mass is 10.1. The first kappa shape index (κ1) is 18.8. The van der Waals surface area contributed by atoms with Gasteiger partial charge in [-0.05, 0) is 32.2 Å². The van der Waals surface area contributed by atoms with E-state index in [0.717, 1.165) is 16.9 Å². The number of nitrogens with one attached hydrogen (secondary N) is 1. The molecule has 0 saturated carbocycles. The first-order chi connectivity index (χ1) is 10.2. The maximum Gasteiger partial charge on any atom is 0.250 e. The Morgan fingerprint density at radius 3 is 2.59 bits per heavy atom. The zero-order chi connectivity index (χ0) is 16.9. The first-order valence-corrected chi connectivity index (χ1v) is 9.22. The quantitative estimate of drug-likeness (QED) is 0.693. The fourth-order valence-corrected chi connectivity index (χ4v) is 4.14. The number of aliphatic hydroxyl groups is 1. The van der Waals surface area contributed by atoms with Gasteiger partial charge in [-0.2, -0.15) is 4.72 Å². The van der Waals surface area contributed by atoms with Crippen molar-refractivity contribution in [3.63, 3.8) is 0 Å². The first-order valence-electron chi connectivity index (χ1n) is 6.86. The normalized spacial score (nSPS) is 14.4. The molecular formula is C14H22N2O4S2. The third kappa shape index (κ3) is 4.91.